The lowest BCUT2D eigenvalue weighted by Crippen LogP contribution is -2.28. The van der Waals surface area contributed by atoms with Gasteiger partial charge in [-0.05, 0) is 25.5 Å². The number of rotatable bonds is 6. The van der Waals surface area contributed by atoms with Gasteiger partial charge in [0.2, 0.25) is 0 Å². The van der Waals surface area contributed by atoms with Crippen LogP contribution in [0.3, 0.4) is 0 Å². The molecule has 0 aliphatic carbocycles. The van der Waals surface area contributed by atoms with E-state index in [0.29, 0.717) is 17.2 Å². The van der Waals surface area contributed by atoms with Crippen molar-refractivity contribution in [3.05, 3.63) is 42.0 Å². The van der Waals surface area contributed by atoms with Crippen LogP contribution < -0.4 is 11.1 Å². The minimum absolute atomic E-state index is 0.300. The molecule has 0 saturated carbocycles. The summed E-state index contributed by atoms with van der Waals surface area (Å²) < 4.78 is 5.24. The fourth-order valence-electron chi connectivity index (χ4n) is 1.95. The third-order valence-corrected chi connectivity index (χ3v) is 4.18. The van der Waals surface area contributed by atoms with Crippen molar-refractivity contribution in [2.75, 3.05) is 11.9 Å². The molecule has 2 aromatic rings. The Hall–Kier alpha value is -2.18. The molecule has 1 heterocycles. The van der Waals surface area contributed by atoms with E-state index in [-0.39, 0.29) is 5.91 Å². The van der Waals surface area contributed by atoms with Crippen molar-refractivity contribution in [3.63, 3.8) is 0 Å². The zero-order chi connectivity index (χ0) is 16.1. The highest BCUT2D eigenvalue weighted by Crippen LogP contribution is 2.35. The molecule has 0 spiro atoms. The Bertz CT molecular complexity index is 667. The Balaban J connectivity index is 2.29. The van der Waals surface area contributed by atoms with Crippen molar-refractivity contribution in [3.8, 4) is 10.4 Å². The third kappa shape index (κ3) is 3.72. The zero-order valence-electron chi connectivity index (χ0n) is 12.5. The molecule has 6 heteroatoms. The summed E-state index contributed by atoms with van der Waals surface area (Å²) in [4.78, 5) is 24.5. The Morgan fingerprint density at radius 1 is 1.32 bits per heavy atom. The van der Waals surface area contributed by atoms with Crippen LogP contribution >= 0.6 is 11.3 Å². The van der Waals surface area contributed by atoms with Crippen LogP contribution in [0, 0.1) is 0 Å². The average molecular weight is 318 g/mol. The van der Waals surface area contributed by atoms with Gasteiger partial charge < -0.3 is 15.8 Å². The highest BCUT2D eigenvalue weighted by atomic mass is 32.1. The van der Waals surface area contributed by atoms with Gasteiger partial charge in [-0.2, -0.15) is 0 Å². The van der Waals surface area contributed by atoms with Crippen molar-refractivity contribution < 1.29 is 14.3 Å². The van der Waals surface area contributed by atoms with Crippen molar-refractivity contribution in [1.29, 1.82) is 0 Å². The molecule has 0 unspecified atom stereocenters. The van der Waals surface area contributed by atoms with Gasteiger partial charge in [0.25, 0.3) is 11.8 Å². The number of nitrogens with one attached hydrogen (secondary N) is 1. The Morgan fingerprint density at radius 3 is 2.59 bits per heavy atom. The van der Waals surface area contributed by atoms with Crippen LogP contribution in [-0.4, -0.2) is 24.5 Å². The molecule has 0 saturated heterocycles. The molecule has 0 fully saturated rings. The second-order valence-electron chi connectivity index (χ2n) is 4.67. The van der Waals surface area contributed by atoms with Gasteiger partial charge in [-0.3, -0.25) is 9.59 Å². The first kappa shape index (κ1) is 16.2. The van der Waals surface area contributed by atoms with Gasteiger partial charge in [0.05, 0.1) is 5.56 Å². The molecule has 0 aliphatic heterocycles. The summed E-state index contributed by atoms with van der Waals surface area (Å²) in [5.74, 6) is -0.872. The predicted octanol–water partition coefficient (Wildman–Crippen LogP) is 2.88. The number of hydrogen-bond donors (Lipinski definition) is 2. The Morgan fingerprint density at radius 2 is 2.00 bits per heavy atom. The zero-order valence-corrected chi connectivity index (χ0v) is 13.3. The minimum Gasteiger partial charge on any atom is -0.369 e. The number of amides is 2. The number of nitrogens with two attached hydrogens (primary N) is 1. The number of thiophene rings is 1. The van der Waals surface area contributed by atoms with Crippen molar-refractivity contribution >= 4 is 28.2 Å². The van der Waals surface area contributed by atoms with E-state index in [4.69, 9.17) is 10.5 Å². The van der Waals surface area contributed by atoms with Crippen molar-refractivity contribution in [1.82, 2.24) is 0 Å². The van der Waals surface area contributed by atoms with Gasteiger partial charge in [0, 0.05) is 11.5 Å². The molecule has 0 radical (unpaired) electrons. The summed E-state index contributed by atoms with van der Waals surface area (Å²) in [6.07, 6.45) is -0.590. The van der Waals surface area contributed by atoms with Gasteiger partial charge >= 0.3 is 0 Å². The number of benzene rings is 1. The number of carbonyl (C=O) groups is 2. The fraction of sp³-hybridized carbons (Fsp3) is 0.250. The van der Waals surface area contributed by atoms with Crippen LogP contribution in [0.15, 0.2) is 36.4 Å². The lowest BCUT2D eigenvalue weighted by atomic mass is 10.1. The van der Waals surface area contributed by atoms with Gasteiger partial charge in [-0.1, -0.05) is 30.3 Å². The third-order valence-electron chi connectivity index (χ3n) is 3.08. The maximum absolute atomic E-state index is 12.0. The highest BCUT2D eigenvalue weighted by molar-refractivity contribution is 7.20. The standard InChI is InChI=1S/C16H18N2O3S/c1-3-21-10(2)15(20)18-16-12(14(17)19)9-13(22-16)11-7-5-4-6-8-11/h4-10H,3H2,1-2H3,(H2,17,19)(H,18,20)/t10-/m1/s1. The maximum Gasteiger partial charge on any atom is 0.253 e. The molecule has 0 aliphatic rings. The summed E-state index contributed by atoms with van der Waals surface area (Å²) >= 11 is 1.32. The summed E-state index contributed by atoms with van der Waals surface area (Å²) in [6, 6.07) is 11.3. The maximum atomic E-state index is 12.0. The molecule has 0 bridgehead atoms. The summed E-state index contributed by atoms with van der Waals surface area (Å²) in [7, 11) is 0. The normalized spacial score (nSPS) is 11.9. The molecule has 5 nitrogen and oxygen atoms in total. The number of hydrogen-bond acceptors (Lipinski definition) is 4. The van der Waals surface area contributed by atoms with Crippen LogP contribution in [0.5, 0.6) is 0 Å². The Kier molecular flexibility index (Phi) is 5.30. The average Bonchev–Trinajstić information content (AvgIpc) is 2.92. The number of ether oxygens (including phenoxy) is 1. The van der Waals surface area contributed by atoms with Crippen LogP contribution in [0.4, 0.5) is 5.00 Å². The largest absolute Gasteiger partial charge is 0.369 e. The van der Waals surface area contributed by atoms with E-state index in [1.54, 1.807) is 13.0 Å². The highest BCUT2D eigenvalue weighted by Gasteiger charge is 2.19. The molecule has 2 amide bonds. The van der Waals surface area contributed by atoms with E-state index in [1.165, 1.54) is 11.3 Å². The van der Waals surface area contributed by atoms with Crippen LogP contribution in [-0.2, 0) is 9.53 Å². The fourth-order valence-corrected chi connectivity index (χ4v) is 3.02. The molecule has 116 valence electrons. The minimum atomic E-state index is -0.590. The SMILES string of the molecule is CCO[C@H](C)C(=O)Nc1sc(-c2ccccc2)cc1C(N)=O. The molecule has 1 aromatic heterocycles. The summed E-state index contributed by atoms with van der Waals surface area (Å²) in [5, 5.41) is 3.17. The topological polar surface area (TPSA) is 81.4 Å². The van der Waals surface area contributed by atoms with Gasteiger partial charge in [0.15, 0.2) is 0 Å². The van der Waals surface area contributed by atoms with Gasteiger partial charge in [-0.25, -0.2) is 0 Å². The number of primary amides is 1. The molecular weight excluding hydrogens is 300 g/mol. The second-order valence-corrected chi connectivity index (χ2v) is 5.72. The smallest absolute Gasteiger partial charge is 0.253 e. The molecule has 1 aromatic carbocycles. The number of anilines is 1. The van der Waals surface area contributed by atoms with E-state index in [1.807, 2.05) is 37.3 Å². The molecule has 3 N–H and O–H groups in total. The van der Waals surface area contributed by atoms with E-state index >= 15 is 0 Å². The van der Waals surface area contributed by atoms with Gasteiger partial charge in [0.1, 0.15) is 11.1 Å². The second kappa shape index (κ2) is 7.20. The monoisotopic (exact) mass is 318 g/mol. The van der Waals surface area contributed by atoms with Crippen LogP contribution in [0.1, 0.15) is 24.2 Å². The predicted molar refractivity (Wildman–Crippen MR) is 88.0 cm³/mol. The van der Waals surface area contributed by atoms with E-state index in [9.17, 15) is 9.59 Å². The lowest BCUT2D eigenvalue weighted by molar-refractivity contribution is -0.126. The van der Waals surface area contributed by atoms with E-state index in [2.05, 4.69) is 5.32 Å². The summed E-state index contributed by atoms with van der Waals surface area (Å²) in [6.45, 7) is 3.92. The number of carbonyl (C=O) groups excluding carboxylic acids is 2. The Labute approximate surface area is 133 Å². The molecule has 2 rings (SSSR count). The first-order valence-electron chi connectivity index (χ1n) is 6.94. The van der Waals surface area contributed by atoms with Crippen molar-refractivity contribution in [2.24, 2.45) is 5.73 Å². The van der Waals surface area contributed by atoms with E-state index in [0.717, 1.165) is 10.4 Å². The van der Waals surface area contributed by atoms with E-state index < -0.39 is 12.0 Å². The lowest BCUT2D eigenvalue weighted by Gasteiger charge is -2.11. The first-order chi connectivity index (χ1) is 10.5. The first-order valence-corrected chi connectivity index (χ1v) is 7.76. The quantitative estimate of drug-likeness (QED) is 0.859. The van der Waals surface area contributed by atoms with Crippen LogP contribution in [0.2, 0.25) is 0 Å². The summed E-state index contributed by atoms with van der Waals surface area (Å²) in [5.41, 5.74) is 6.67. The van der Waals surface area contributed by atoms with Crippen molar-refractivity contribution in [2.45, 2.75) is 20.0 Å². The van der Waals surface area contributed by atoms with Crippen LogP contribution in [0.25, 0.3) is 10.4 Å². The molecule has 1 atom stereocenters. The van der Waals surface area contributed by atoms with Gasteiger partial charge in [-0.15, -0.1) is 11.3 Å². The molecular formula is C16H18N2O3S. The molecule has 22 heavy (non-hydrogen) atoms.